The Labute approximate surface area is 508 Å². The lowest BCUT2D eigenvalue weighted by atomic mass is 9.44. The minimum atomic E-state index is -2.03. The smallest absolute Gasteiger partial charge is 0.303 e. The summed E-state index contributed by atoms with van der Waals surface area (Å²) < 4.78 is 72.0. The zero-order valence-corrected chi connectivity index (χ0v) is 49.9. The maximum atomic E-state index is 12.7. The van der Waals surface area contributed by atoms with Crippen molar-refractivity contribution in [2.24, 2.45) is 52.3 Å². The van der Waals surface area contributed by atoms with Crippen LogP contribution in [0.15, 0.2) is 0 Å². The summed E-state index contributed by atoms with van der Waals surface area (Å²) in [7, 11) is 0. The average Bonchev–Trinajstić information content (AvgIpc) is 1.56. The van der Waals surface area contributed by atoms with E-state index in [4.69, 9.17) is 56.8 Å². The van der Waals surface area contributed by atoms with Crippen molar-refractivity contribution in [3.63, 3.8) is 0 Å². The average molecular weight is 1270 g/mol. The molecule has 0 amide bonds. The third-order valence-electron chi connectivity index (χ3n) is 22.7. The molecule has 0 unspecified atom stereocenters. The molecule has 7 saturated heterocycles. The van der Waals surface area contributed by atoms with E-state index in [-0.39, 0.29) is 47.2 Å². The Bertz CT molecular complexity index is 2340. The highest BCUT2D eigenvalue weighted by Gasteiger charge is 2.71. The van der Waals surface area contributed by atoms with Gasteiger partial charge in [0.05, 0.1) is 51.8 Å². The number of piperidine rings is 1. The second-order valence-electron chi connectivity index (χ2n) is 27.5. The number of hydrogen-bond donors (Lipinski definition) is 17. The summed E-state index contributed by atoms with van der Waals surface area (Å²) in [6.07, 6.45) is -34.2. The molecule has 11 aliphatic rings. The van der Waals surface area contributed by atoms with E-state index in [1.165, 1.54) is 6.92 Å². The Morgan fingerprint density at radius 2 is 1.12 bits per heavy atom. The monoisotopic (exact) mass is 1270 g/mol. The van der Waals surface area contributed by atoms with Crippen LogP contribution in [-0.4, -0.2) is 305 Å². The van der Waals surface area contributed by atoms with Gasteiger partial charge in [-0.05, 0) is 104 Å². The highest BCUT2D eigenvalue weighted by atomic mass is 16.8. The van der Waals surface area contributed by atoms with Crippen molar-refractivity contribution in [1.29, 1.82) is 0 Å². The van der Waals surface area contributed by atoms with Gasteiger partial charge in [0.1, 0.15) is 122 Å². The van der Waals surface area contributed by atoms with Crippen LogP contribution in [-0.2, 0) is 61.6 Å². The fourth-order valence-electron chi connectivity index (χ4n) is 18.0. The number of carbonyl (C=O) groups excluding carboxylic acids is 1. The van der Waals surface area contributed by atoms with E-state index in [2.05, 4.69) is 26.1 Å². The topological polar surface area (TPSA) is 464 Å². The molecule has 0 bridgehead atoms. The van der Waals surface area contributed by atoms with Crippen molar-refractivity contribution in [3.05, 3.63) is 0 Å². The molecule has 0 aromatic rings. The van der Waals surface area contributed by atoms with Gasteiger partial charge in [-0.2, -0.15) is 0 Å². The highest BCUT2D eigenvalue weighted by molar-refractivity contribution is 5.66. The number of esters is 1. The van der Waals surface area contributed by atoms with Crippen LogP contribution in [0.5, 0.6) is 0 Å². The van der Waals surface area contributed by atoms with Gasteiger partial charge >= 0.3 is 5.97 Å². The van der Waals surface area contributed by atoms with E-state index >= 15 is 0 Å². The Morgan fingerprint density at radius 3 is 1.82 bits per heavy atom. The van der Waals surface area contributed by atoms with Crippen molar-refractivity contribution in [1.82, 2.24) is 5.32 Å². The summed E-state index contributed by atoms with van der Waals surface area (Å²) in [6, 6.07) is 0. The lowest BCUT2D eigenvalue weighted by Crippen LogP contribution is -2.67. The third-order valence-corrected chi connectivity index (χ3v) is 22.7. The summed E-state index contributed by atoms with van der Waals surface area (Å²) in [4.78, 5) is 12.7. The van der Waals surface area contributed by atoms with Gasteiger partial charge in [0.25, 0.3) is 0 Å². The molecule has 7 heterocycles. The SMILES string of the molecule is CC(=O)O[C@@H]1C[C@@H](CO[C@H]2O[C@@H](CO)[C@H](O)[C@@H](O)[C@@H]2O)CN[C@]12O[C@@H]1C[C@H]3[C@@H]4CC[C@H]5C[C@H](O[C@H]6O[C@@H](CO)[C@H](O[C@H]7O[C@@H](CO)[C@H](O)[C@@H](O)[C@@H]7O[C@H]7O[C@@H](CO)[C@H](O)[C@@H](O[C@H]8OC[C@H](O)[C@@H](O)[C@@H]8O)[C@@H]7O)[C@@H](O)[C@@H]6O)CC[C@]5(C)[C@H]4CC[C@@]3(C)[C@@H]1[C@H]2C. The molecule has 37 atom stereocenters. The summed E-state index contributed by atoms with van der Waals surface area (Å²) in [6.45, 7) is 5.26. The van der Waals surface area contributed by atoms with Gasteiger partial charge < -0.3 is 139 Å². The second kappa shape index (κ2) is 26.9. The van der Waals surface area contributed by atoms with Crippen LogP contribution in [0.25, 0.3) is 0 Å². The predicted octanol–water partition coefficient (Wildman–Crippen LogP) is -6.36. The Balaban J connectivity index is 0.707. The van der Waals surface area contributed by atoms with E-state index in [0.29, 0.717) is 43.6 Å². The first-order chi connectivity index (χ1) is 41.8. The number of rotatable bonds is 16. The van der Waals surface area contributed by atoms with Gasteiger partial charge in [-0.25, -0.2) is 0 Å². The molecule has 88 heavy (non-hydrogen) atoms. The molecule has 11 rings (SSSR count). The van der Waals surface area contributed by atoms with Crippen molar-refractivity contribution < 1.29 is 143 Å². The lowest BCUT2D eigenvalue weighted by molar-refractivity contribution is -0.396. The second-order valence-corrected chi connectivity index (χ2v) is 27.5. The lowest BCUT2D eigenvalue weighted by Gasteiger charge is -2.61. The Kier molecular flexibility index (Phi) is 20.7. The molecule has 11 fully saturated rings. The number of carbonyl (C=O) groups is 1. The minimum Gasteiger partial charge on any atom is -0.458 e. The van der Waals surface area contributed by atoms with E-state index < -0.39 is 204 Å². The molecular weight excluding hydrogens is 1170 g/mol. The van der Waals surface area contributed by atoms with E-state index in [9.17, 15) is 86.5 Å². The summed E-state index contributed by atoms with van der Waals surface area (Å²) in [5.74, 6) is 0.929. The van der Waals surface area contributed by atoms with Crippen LogP contribution in [0.3, 0.4) is 0 Å². The van der Waals surface area contributed by atoms with Gasteiger partial charge in [-0.1, -0.05) is 20.8 Å². The molecule has 4 saturated carbocycles. The fraction of sp³-hybridized carbons (Fsp3) is 0.983. The zero-order valence-electron chi connectivity index (χ0n) is 49.9. The number of hydrogen-bond acceptors (Lipinski definition) is 30. The maximum absolute atomic E-state index is 12.7. The minimum absolute atomic E-state index is 0.0410. The molecule has 0 aromatic carbocycles. The molecule has 7 aliphatic heterocycles. The molecular formula is C58H95NO29. The molecule has 30 heteroatoms. The van der Waals surface area contributed by atoms with Crippen molar-refractivity contribution in [2.45, 2.75) is 257 Å². The molecule has 1 spiro atoms. The van der Waals surface area contributed by atoms with Gasteiger partial charge in [-0.3, -0.25) is 10.1 Å². The van der Waals surface area contributed by atoms with Crippen LogP contribution in [0.2, 0.25) is 0 Å². The first-order valence-electron chi connectivity index (χ1n) is 31.5. The van der Waals surface area contributed by atoms with Gasteiger partial charge in [0, 0.05) is 19.4 Å². The normalized spacial score (nSPS) is 55.5. The maximum Gasteiger partial charge on any atom is 0.303 e. The largest absolute Gasteiger partial charge is 0.458 e. The molecule has 4 aliphatic carbocycles. The quantitative estimate of drug-likeness (QED) is 0.0505. The molecule has 0 aromatic heterocycles. The van der Waals surface area contributed by atoms with Crippen LogP contribution in [0.1, 0.15) is 85.5 Å². The Morgan fingerprint density at radius 1 is 0.545 bits per heavy atom. The number of fused-ring (bicyclic) bond motifs is 7. The van der Waals surface area contributed by atoms with Crippen molar-refractivity contribution in [3.8, 4) is 0 Å². The van der Waals surface area contributed by atoms with Crippen LogP contribution in [0.4, 0.5) is 0 Å². The van der Waals surface area contributed by atoms with Gasteiger partial charge in [0.15, 0.2) is 37.2 Å². The van der Waals surface area contributed by atoms with Crippen LogP contribution < -0.4 is 5.32 Å². The third kappa shape index (κ3) is 12.1. The zero-order chi connectivity index (χ0) is 63.2. The number of ether oxygens (including phenoxy) is 12. The summed E-state index contributed by atoms with van der Waals surface area (Å²) >= 11 is 0. The molecule has 0 radical (unpaired) electrons. The van der Waals surface area contributed by atoms with E-state index in [1.54, 1.807) is 0 Å². The van der Waals surface area contributed by atoms with Gasteiger partial charge in [0.2, 0.25) is 0 Å². The summed E-state index contributed by atoms with van der Waals surface area (Å²) in [5.41, 5.74) is -1.07. The predicted molar refractivity (Wildman–Crippen MR) is 289 cm³/mol. The van der Waals surface area contributed by atoms with Crippen LogP contribution in [0, 0.1) is 52.3 Å². The van der Waals surface area contributed by atoms with Gasteiger partial charge in [-0.15, -0.1) is 0 Å². The fourth-order valence-corrected chi connectivity index (χ4v) is 18.0. The van der Waals surface area contributed by atoms with Crippen molar-refractivity contribution in [2.75, 3.05) is 46.2 Å². The molecule has 17 N–H and O–H groups in total. The Hall–Kier alpha value is -1.65. The first-order valence-corrected chi connectivity index (χ1v) is 31.5. The van der Waals surface area contributed by atoms with E-state index in [0.717, 1.165) is 38.5 Å². The molecule has 506 valence electrons. The first kappa shape index (κ1) is 67.8. The summed E-state index contributed by atoms with van der Waals surface area (Å²) in [5, 5.41) is 175. The standard InChI is InChI=1S/C58H95NO29/c1-21-36-30(88-58(21)35(79-22(2)64)11-23(14-59-58)19-77-51-45(74)41(70)38(67)31(15-60)81-51)13-28-26-6-5-24-12-25(7-9-56(24,3)27(26)8-10-57(28,36)4)80-53-46(75)43(72)48(34(18-63)84-53)85-55-50(42(71)39(68)32(16-61)83-55)87-54-47(76)49(40(69)33(17-62)82-54)86-52-44(73)37(66)29(65)20-78-52/h21,23-55,59-63,65-76H,5-20H2,1-4H3/t21-,23-,24+,25-,26-,27+,28+,29+,30-,31+,32+,33+,34+,35-,36-,37-,38+,39+,40+,41-,42-,43+,44+,45+,46+,47+,48+,49-,50+,51+,52-,53+,54-,55-,56+,57-,58-/m1/s1. The van der Waals surface area contributed by atoms with E-state index in [1.807, 2.05) is 0 Å². The number of nitrogens with one attached hydrogen (secondary N) is 1. The molecule has 30 nitrogen and oxygen atoms in total. The number of aliphatic hydroxyl groups is 16. The highest BCUT2D eigenvalue weighted by Crippen LogP contribution is 2.71. The number of aliphatic hydroxyl groups excluding tert-OH is 16. The van der Waals surface area contributed by atoms with Crippen LogP contribution >= 0.6 is 0 Å². The van der Waals surface area contributed by atoms with Crippen molar-refractivity contribution >= 4 is 5.97 Å².